The van der Waals surface area contributed by atoms with Crippen molar-refractivity contribution >= 4 is 16.9 Å². The van der Waals surface area contributed by atoms with Crippen LogP contribution >= 0.6 is 0 Å². The number of ether oxygens (including phenoxy) is 2. The lowest BCUT2D eigenvalue weighted by molar-refractivity contribution is 0.0729. The fraction of sp³-hybridized carbons (Fsp3) is 0.267. The van der Waals surface area contributed by atoms with Gasteiger partial charge in [0.05, 0.1) is 30.7 Å². The Morgan fingerprint density at radius 1 is 0.944 bits per heavy atom. The molecule has 0 bridgehead atoms. The minimum absolute atomic E-state index is 0.121. The molecular formula is C30H29NO5. The highest BCUT2D eigenvalue weighted by molar-refractivity contribution is 5.99. The number of carbonyl (C=O) groups is 1. The number of hydrogen-bond donors (Lipinski definition) is 0. The van der Waals surface area contributed by atoms with Gasteiger partial charge in [0.15, 0.2) is 5.43 Å². The first-order valence-corrected chi connectivity index (χ1v) is 12.3. The Bertz CT molecular complexity index is 1440. The number of carbonyl (C=O) groups excluding carboxylic acids is 1. The molecule has 2 heterocycles. The van der Waals surface area contributed by atoms with Crippen molar-refractivity contribution in [3.63, 3.8) is 0 Å². The molecule has 1 atom stereocenters. The van der Waals surface area contributed by atoms with Crippen LogP contribution in [0.2, 0.25) is 0 Å². The molecule has 4 aromatic rings. The van der Waals surface area contributed by atoms with Gasteiger partial charge in [0, 0.05) is 6.54 Å². The Hall–Kier alpha value is -4.06. The Balaban J connectivity index is 1.55. The second-order valence-electron chi connectivity index (χ2n) is 8.94. The highest BCUT2D eigenvalue weighted by atomic mass is 16.5. The van der Waals surface area contributed by atoms with Crippen LogP contribution in [0.25, 0.3) is 11.0 Å². The molecule has 0 unspecified atom stereocenters. The number of fused-ring (bicyclic) bond motifs is 2. The van der Waals surface area contributed by atoms with Crippen molar-refractivity contribution < 1.29 is 18.7 Å². The summed E-state index contributed by atoms with van der Waals surface area (Å²) in [5, 5.41) is 0.474. The summed E-state index contributed by atoms with van der Waals surface area (Å²) in [4.78, 5) is 29.0. The maximum absolute atomic E-state index is 13.7. The topological polar surface area (TPSA) is 69.0 Å². The van der Waals surface area contributed by atoms with Crippen LogP contribution in [-0.4, -0.2) is 31.1 Å². The normalized spacial score (nSPS) is 14.8. The van der Waals surface area contributed by atoms with Gasteiger partial charge in [-0.05, 0) is 60.4 Å². The maximum atomic E-state index is 13.7. The van der Waals surface area contributed by atoms with Gasteiger partial charge in [-0.15, -0.1) is 0 Å². The Morgan fingerprint density at radius 2 is 1.75 bits per heavy atom. The number of benzene rings is 3. The van der Waals surface area contributed by atoms with Crippen molar-refractivity contribution in [1.29, 1.82) is 0 Å². The number of amides is 1. The number of unbranched alkanes of at least 4 members (excludes halogenated alkanes) is 1. The third-order valence-corrected chi connectivity index (χ3v) is 6.61. The van der Waals surface area contributed by atoms with Crippen molar-refractivity contribution in [2.24, 2.45) is 0 Å². The van der Waals surface area contributed by atoms with E-state index < -0.39 is 6.04 Å². The lowest BCUT2D eigenvalue weighted by Gasteiger charge is -2.25. The first-order chi connectivity index (χ1) is 17.6. The fourth-order valence-electron chi connectivity index (χ4n) is 4.69. The van der Waals surface area contributed by atoms with Crippen molar-refractivity contribution in [3.05, 3.63) is 105 Å². The van der Waals surface area contributed by atoms with Gasteiger partial charge in [0.25, 0.3) is 5.91 Å². The lowest BCUT2D eigenvalue weighted by Crippen LogP contribution is -2.31. The third kappa shape index (κ3) is 4.47. The first-order valence-electron chi connectivity index (χ1n) is 12.3. The standard InChI is InChI=1S/C30H29NO5/c1-3-4-18-35-23-9-7-8-21(19-23)27-26-28(32)24-10-5-6-11-25(24)36-29(26)30(33)31(27)17-16-20-12-14-22(34-2)15-13-20/h5-15,19,27H,3-4,16-18H2,1-2H3/t27-/m0/s1. The highest BCUT2D eigenvalue weighted by Gasteiger charge is 2.42. The molecule has 6 heteroatoms. The SMILES string of the molecule is CCCCOc1cccc([C@H]2c3c(oc4ccccc4c3=O)C(=O)N2CCc2ccc(OC)cc2)c1. The van der Waals surface area contributed by atoms with E-state index in [1.807, 2.05) is 48.5 Å². The Labute approximate surface area is 210 Å². The van der Waals surface area contributed by atoms with Gasteiger partial charge in [0.2, 0.25) is 5.76 Å². The summed E-state index contributed by atoms with van der Waals surface area (Å²) in [6, 6.07) is 22.0. The number of methoxy groups -OCH3 is 1. The predicted molar refractivity (Wildman–Crippen MR) is 139 cm³/mol. The molecule has 3 aromatic carbocycles. The van der Waals surface area contributed by atoms with Crippen molar-refractivity contribution in [2.45, 2.75) is 32.2 Å². The number of hydrogen-bond acceptors (Lipinski definition) is 5. The Morgan fingerprint density at radius 3 is 2.53 bits per heavy atom. The smallest absolute Gasteiger partial charge is 0.290 e. The molecule has 0 fully saturated rings. The monoisotopic (exact) mass is 483 g/mol. The summed E-state index contributed by atoms with van der Waals surface area (Å²) in [6.45, 7) is 3.16. The van der Waals surface area contributed by atoms with E-state index in [1.165, 1.54) is 0 Å². The fourth-order valence-corrected chi connectivity index (χ4v) is 4.69. The molecule has 6 nitrogen and oxygen atoms in total. The van der Waals surface area contributed by atoms with Gasteiger partial charge in [-0.1, -0.05) is 49.7 Å². The molecule has 0 aliphatic carbocycles. The molecule has 1 aromatic heterocycles. The molecule has 0 saturated heterocycles. The summed E-state index contributed by atoms with van der Waals surface area (Å²) in [7, 11) is 1.63. The largest absolute Gasteiger partial charge is 0.497 e. The number of rotatable bonds is 9. The predicted octanol–water partition coefficient (Wildman–Crippen LogP) is 5.77. The molecule has 1 aliphatic rings. The molecule has 5 rings (SSSR count). The minimum Gasteiger partial charge on any atom is -0.497 e. The summed E-state index contributed by atoms with van der Waals surface area (Å²) in [5.41, 5.74) is 2.53. The zero-order chi connectivity index (χ0) is 25.1. The number of para-hydroxylation sites is 1. The van der Waals surface area contributed by atoms with Gasteiger partial charge in [0.1, 0.15) is 17.1 Å². The average molecular weight is 484 g/mol. The van der Waals surface area contributed by atoms with Gasteiger partial charge < -0.3 is 18.8 Å². The van der Waals surface area contributed by atoms with Crippen molar-refractivity contribution in [3.8, 4) is 11.5 Å². The van der Waals surface area contributed by atoms with Crippen LogP contribution in [0.1, 0.15) is 53.1 Å². The molecule has 0 N–H and O–H groups in total. The van der Waals surface area contributed by atoms with Crippen LogP contribution in [0.3, 0.4) is 0 Å². The average Bonchev–Trinajstić information content (AvgIpc) is 3.20. The van der Waals surface area contributed by atoms with Crippen LogP contribution in [0.15, 0.2) is 82.0 Å². The van der Waals surface area contributed by atoms with E-state index in [0.29, 0.717) is 36.1 Å². The van der Waals surface area contributed by atoms with E-state index >= 15 is 0 Å². The second kappa shape index (κ2) is 10.3. The third-order valence-electron chi connectivity index (χ3n) is 6.61. The van der Waals surface area contributed by atoms with Gasteiger partial charge in [-0.25, -0.2) is 0 Å². The van der Waals surface area contributed by atoms with Crippen LogP contribution in [0.5, 0.6) is 11.5 Å². The summed E-state index contributed by atoms with van der Waals surface area (Å²) >= 11 is 0. The van der Waals surface area contributed by atoms with Crippen molar-refractivity contribution in [2.75, 3.05) is 20.3 Å². The maximum Gasteiger partial charge on any atom is 0.290 e. The van der Waals surface area contributed by atoms with Crippen LogP contribution in [0, 0.1) is 0 Å². The summed E-state index contributed by atoms with van der Waals surface area (Å²) in [5.74, 6) is 1.35. The molecule has 184 valence electrons. The highest BCUT2D eigenvalue weighted by Crippen LogP contribution is 2.39. The zero-order valence-corrected chi connectivity index (χ0v) is 20.5. The van der Waals surface area contributed by atoms with Crippen LogP contribution in [0.4, 0.5) is 0 Å². The lowest BCUT2D eigenvalue weighted by atomic mass is 9.98. The summed E-state index contributed by atoms with van der Waals surface area (Å²) in [6.07, 6.45) is 2.62. The van der Waals surface area contributed by atoms with Crippen molar-refractivity contribution in [1.82, 2.24) is 4.90 Å². The molecule has 0 saturated carbocycles. The molecule has 0 spiro atoms. The van der Waals surface area contributed by atoms with E-state index in [2.05, 4.69) is 6.92 Å². The van der Waals surface area contributed by atoms with Gasteiger partial charge >= 0.3 is 0 Å². The zero-order valence-electron chi connectivity index (χ0n) is 20.5. The molecule has 1 aliphatic heterocycles. The van der Waals surface area contributed by atoms with E-state index in [4.69, 9.17) is 13.9 Å². The van der Waals surface area contributed by atoms with E-state index in [-0.39, 0.29) is 17.1 Å². The first kappa shape index (κ1) is 23.7. The molecule has 1 amide bonds. The van der Waals surface area contributed by atoms with E-state index in [1.54, 1.807) is 36.3 Å². The summed E-state index contributed by atoms with van der Waals surface area (Å²) < 4.78 is 17.2. The van der Waals surface area contributed by atoms with Crippen LogP contribution in [-0.2, 0) is 6.42 Å². The van der Waals surface area contributed by atoms with E-state index in [0.717, 1.165) is 35.5 Å². The second-order valence-corrected chi connectivity index (χ2v) is 8.94. The Kier molecular flexibility index (Phi) is 6.76. The molecule has 0 radical (unpaired) electrons. The van der Waals surface area contributed by atoms with Gasteiger partial charge in [-0.2, -0.15) is 0 Å². The van der Waals surface area contributed by atoms with Gasteiger partial charge in [-0.3, -0.25) is 9.59 Å². The van der Waals surface area contributed by atoms with Crippen LogP contribution < -0.4 is 14.9 Å². The minimum atomic E-state index is -0.554. The number of nitrogens with zero attached hydrogens (tertiary/aromatic N) is 1. The quantitative estimate of drug-likeness (QED) is 0.283. The van der Waals surface area contributed by atoms with E-state index in [9.17, 15) is 9.59 Å². The molecular weight excluding hydrogens is 454 g/mol. The molecule has 36 heavy (non-hydrogen) atoms.